The van der Waals surface area contributed by atoms with Gasteiger partial charge >= 0.3 is 11.9 Å². The van der Waals surface area contributed by atoms with Crippen LogP contribution in [-0.4, -0.2) is 24.2 Å². The second kappa shape index (κ2) is 5.80. The maximum atomic E-state index is 11.4. The number of carboxylic acids is 1. The van der Waals surface area contributed by atoms with E-state index in [-0.39, 0.29) is 11.1 Å². The molecule has 4 nitrogen and oxygen atoms in total. The van der Waals surface area contributed by atoms with Gasteiger partial charge in [-0.3, -0.25) is 0 Å². The molecule has 0 spiro atoms. The largest absolute Gasteiger partial charge is 0.478 e. The maximum Gasteiger partial charge on any atom is 0.338 e. The molecule has 0 unspecified atom stereocenters. The molecule has 0 saturated carbocycles. The van der Waals surface area contributed by atoms with Gasteiger partial charge < -0.3 is 9.84 Å². The van der Waals surface area contributed by atoms with Crippen molar-refractivity contribution in [2.24, 2.45) is 0 Å². The number of carbonyl (C=O) groups excluding carboxylic acids is 1. The first-order valence-electron chi connectivity index (χ1n) is 3.89. The molecule has 7 heteroatoms. The number of esters is 1. The summed E-state index contributed by atoms with van der Waals surface area (Å²) < 4.78 is 6.36. The Balaban J connectivity index is 3.56. The molecule has 1 rings (SSSR count). The summed E-state index contributed by atoms with van der Waals surface area (Å²) in [5.41, 5.74) is 0.429. The summed E-state index contributed by atoms with van der Waals surface area (Å²) >= 11 is 5.79. The maximum absolute atomic E-state index is 11.4. The van der Waals surface area contributed by atoms with Crippen molar-refractivity contribution < 1.29 is 19.4 Å². The molecule has 1 aromatic rings. The number of methoxy groups -OCH3 is 1. The molecule has 1 aromatic carbocycles. The SMILES string of the molecule is COC(=O)c1cc(I)c(I)c(C(=O)O)c1I. The highest BCUT2D eigenvalue weighted by molar-refractivity contribution is 14.1. The zero-order valence-electron chi connectivity index (χ0n) is 7.88. The van der Waals surface area contributed by atoms with Crippen LogP contribution in [0.25, 0.3) is 0 Å². The second-order valence-electron chi connectivity index (χ2n) is 2.71. The van der Waals surface area contributed by atoms with Crippen molar-refractivity contribution in [3.63, 3.8) is 0 Å². The molecule has 0 aliphatic carbocycles. The van der Waals surface area contributed by atoms with Gasteiger partial charge in [-0.15, -0.1) is 0 Å². The van der Waals surface area contributed by atoms with Gasteiger partial charge in [0.05, 0.1) is 18.2 Å². The van der Waals surface area contributed by atoms with E-state index in [1.54, 1.807) is 6.07 Å². The van der Waals surface area contributed by atoms with Crippen molar-refractivity contribution in [1.82, 2.24) is 0 Å². The van der Waals surface area contributed by atoms with Crippen LogP contribution in [0.4, 0.5) is 0 Å². The number of carboxylic acid groups (broad SMARTS) is 1. The molecular weight excluding hydrogens is 553 g/mol. The predicted molar refractivity (Wildman–Crippen MR) is 82.9 cm³/mol. The van der Waals surface area contributed by atoms with Crippen molar-refractivity contribution in [3.05, 3.63) is 27.9 Å². The number of rotatable bonds is 2. The van der Waals surface area contributed by atoms with Gasteiger partial charge in [-0.1, -0.05) is 0 Å². The van der Waals surface area contributed by atoms with Crippen molar-refractivity contribution in [3.8, 4) is 0 Å². The summed E-state index contributed by atoms with van der Waals surface area (Å²) in [6.45, 7) is 0. The first kappa shape index (κ1) is 14.4. The fourth-order valence-electron chi connectivity index (χ4n) is 1.05. The van der Waals surface area contributed by atoms with Crippen LogP contribution in [0, 0.1) is 10.7 Å². The van der Waals surface area contributed by atoms with Gasteiger partial charge in [0.1, 0.15) is 0 Å². The number of hydrogen-bond donors (Lipinski definition) is 1. The van der Waals surface area contributed by atoms with E-state index in [2.05, 4.69) is 4.74 Å². The van der Waals surface area contributed by atoms with Crippen molar-refractivity contribution >= 4 is 79.7 Å². The zero-order valence-corrected chi connectivity index (χ0v) is 14.4. The van der Waals surface area contributed by atoms with E-state index in [0.29, 0.717) is 7.14 Å². The fraction of sp³-hybridized carbons (Fsp3) is 0.111. The molecular formula is C9H5I3O4. The third-order valence-corrected chi connectivity index (χ3v) is 5.90. The highest BCUT2D eigenvalue weighted by Gasteiger charge is 2.22. The monoisotopic (exact) mass is 558 g/mol. The van der Waals surface area contributed by atoms with Gasteiger partial charge in [0.2, 0.25) is 0 Å². The van der Waals surface area contributed by atoms with Crippen LogP contribution in [0.15, 0.2) is 6.07 Å². The van der Waals surface area contributed by atoms with E-state index >= 15 is 0 Å². The number of halogens is 3. The summed E-state index contributed by atoms with van der Waals surface area (Å²) in [5, 5.41) is 9.08. The number of hydrogen-bond acceptors (Lipinski definition) is 3. The Morgan fingerprint density at radius 1 is 1.25 bits per heavy atom. The smallest absolute Gasteiger partial charge is 0.338 e. The van der Waals surface area contributed by atoms with E-state index in [9.17, 15) is 9.59 Å². The van der Waals surface area contributed by atoms with E-state index in [1.807, 2.05) is 67.8 Å². The third kappa shape index (κ3) is 2.78. The molecule has 0 fully saturated rings. The van der Waals surface area contributed by atoms with Crippen LogP contribution in [0.5, 0.6) is 0 Å². The molecule has 0 aliphatic rings. The lowest BCUT2D eigenvalue weighted by Crippen LogP contribution is -2.12. The minimum Gasteiger partial charge on any atom is -0.478 e. The summed E-state index contributed by atoms with van der Waals surface area (Å²) in [6, 6.07) is 1.63. The quantitative estimate of drug-likeness (QED) is 0.345. The van der Waals surface area contributed by atoms with Gasteiger partial charge in [0, 0.05) is 10.7 Å². The Kier molecular flexibility index (Phi) is 5.22. The average Bonchev–Trinajstić information content (AvgIpc) is 2.22. The van der Waals surface area contributed by atoms with Gasteiger partial charge in [0.25, 0.3) is 0 Å². The van der Waals surface area contributed by atoms with E-state index in [4.69, 9.17) is 5.11 Å². The first-order chi connectivity index (χ1) is 7.40. The lowest BCUT2D eigenvalue weighted by Gasteiger charge is -2.09. The Morgan fingerprint density at radius 3 is 2.25 bits per heavy atom. The molecule has 0 bridgehead atoms. The lowest BCUT2D eigenvalue weighted by molar-refractivity contribution is 0.0599. The Morgan fingerprint density at radius 2 is 1.81 bits per heavy atom. The minimum absolute atomic E-state index is 0.147. The molecule has 0 amide bonds. The van der Waals surface area contributed by atoms with Gasteiger partial charge in [-0.25, -0.2) is 9.59 Å². The molecule has 16 heavy (non-hydrogen) atoms. The van der Waals surface area contributed by atoms with Crippen LogP contribution in [0.1, 0.15) is 20.7 Å². The zero-order chi connectivity index (χ0) is 12.5. The van der Waals surface area contributed by atoms with Crippen LogP contribution in [0.2, 0.25) is 0 Å². The van der Waals surface area contributed by atoms with Crippen LogP contribution >= 0.6 is 67.8 Å². The van der Waals surface area contributed by atoms with Crippen molar-refractivity contribution in [1.29, 1.82) is 0 Å². The summed E-state index contributed by atoms with van der Waals surface area (Å²) in [7, 11) is 1.27. The fourth-order valence-corrected chi connectivity index (χ4v) is 3.68. The number of aromatic carboxylic acids is 1. The lowest BCUT2D eigenvalue weighted by atomic mass is 10.1. The van der Waals surface area contributed by atoms with Crippen LogP contribution in [0.3, 0.4) is 0 Å². The molecule has 1 N–H and O–H groups in total. The molecule has 0 atom stereocenters. The highest BCUT2D eigenvalue weighted by Crippen LogP contribution is 2.28. The van der Waals surface area contributed by atoms with Crippen molar-refractivity contribution in [2.45, 2.75) is 0 Å². The molecule has 0 radical (unpaired) electrons. The molecule has 0 aromatic heterocycles. The molecule has 0 heterocycles. The molecule has 0 aliphatic heterocycles. The predicted octanol–water partition coefficient (Wildman–Crippen LogP) is 2.99. The number of ether oxygens (including phenoxy) is 1. The van der Waals surface area contributed by atoms with Gasteiger partial charge in [0.15, 0.2) is 0 Å². The van der Waals surface area contributed by atoms with E-state index in [0.717, 1.165) is 3.57 Å². The second-order valence-corrected chi connectivity index (χ2v) is 6.03. The van der Waals surface area contributed by atoms with Gasteiger partial charge in [-0.2, -0.15) is 0 Å². The topological polar surface area (TPSA) is 63.6 Å². The Bertz CT molecular complexity index is 470. The molecule has 86 valence electrons. The summed E-state index contributed by atoms with van der Waals surface area (Å²) in [4.78, 5) is 22.5. The number of carbonyl (C=O) groups is 2. The molecule has 0 saturated heterocycles. The van der Waals surface area contributed by atoms with E-state index < -0.39 is 11.9 Å². The van der Waals surface area contributed by atoms with E-state index in [1.165, 1.54) is 7.11 Å². The van der Waals surface area contributed by atoms with Crippen LogP contribution < -0.4 is 0 Å². The van der Waals surface area contributed by atoms with Gasteiger partial charge in [-0.05, 0) is 73.8 Å². The Labute approximate surface area is 133 Å². The third-order valence-electron chi connectivity index (χ3n) is 1.78. The average molecular weight is 558 g/mol. The Hall–Kier alpha value is 0.350. The normalized spacial score (nSPS) is 10.0. The van der Waals surface area contributed by atoms with Crippen LogP contribution in [-0.2, 0) is 4.74 Å². The standard InChI is InChI=1S/C9H5I3O4/c1-16-9(15)3-2-4(10)7(12)5(6(3)11)8(13)14/h2H,1H3,(H,13,14). The summed E-state index contributed by atoms with van der Waals surface area (Å²) in [5.74, 6) is -1.57. The highest BCUT2D eigenvalue weighted by atomic mass is 127. The van der Waals surface area contributed by atoms with Crippen molar-refractivity contribution in [2.75, 3.05) is 7.11 Å². The number of benzene rings is 1. The first-order valence-corrected chi connectivity index (χ1v) is 7.12. The minimum atomic E-state index is -1.04. The summed E-state index contributed by atoms with van der Waals surface area (Å²) in [6.07, 6.45) is 0.